The molecule has 1 nitrogen and oxygen atoms in total. The second-order valence-electron chi connectivity index (χ2n) is 4.26. The van der Waals surface area contributed by atoms with E-state index < -0.39 is 0 Å². The van der Waals surface area contributed by atoms with Crippen LogP contribution in [0.2, 0.25) is 0 Å². The molecular formula is C14H21O. The van der Waals surface area contributed by atoms with E-state index in [-0.39, 0.29) is 6.10 Å². The Morgan fingerprint density at radius 3 is 2.47 bits per heavy atom. The van der Waals surface area contributed by atoms with Crippen molar-refractivity contribution in [2.24, 2.45) is 0 Å². The molecule has 0 heterocycles. The average Bonchev–Trinajstić information content (AvgIpc) is 2.19. The molecule has 0 aromatic heterocycles. The van der Waals surface area contributed by atoms with E-state index in [2.05, 4.69) is 45.9 Å². The van der Waals surface area contributed by atoms with Gasteiger partial charge in [0, 0.05) is 0 Å². The van der Waals surface area contributed by atoms with Gasteiger partial charge >= 0.3 is 0 Å². The van der Waals surface area contributed by atoms with E-state index in [0.717, 1.165) is 5.75 Å². The first kappa shape index (κ1) is 12.1. The van der Waals surface area contributed by atoms with Crippen LogP contribution in [0.5, 0.6) is 5.75 Å². The Kier molecular flexibility index (Phi) is 4.19. The maximum atomic E-state index is 5.60. The summed E-state index contributed by atoms with van der Waals surface area (Å²) in [6.07, 6.45) is 1.17. The fourth-order valence-corrected chi connectivity index (χ4v) is 1.56. The first-order chi connectivity index (χ1) is 7.04. The first-order valence-electron chi connectivity index (χ1n) is 5.64. The Morgan fingerprint density at radius 1 is 1.33 bits per heavy atom. The number of rotatable bonds is 4. The van der Waals surface area contributed by atoms with Gasteiger partial charge in [-0.3, -0.25) is 0 Å². The van der Waals surface area contributed by atoms with Crippen molar-refractivity contribution in [3.8, 4) is 5.75 Å². The highest BCUT2D eigenvalue weighted by Crippen LogP contribution is 2.25. The number of hydrogen-bond donors (Lipinski definition) is 0. The lowest BCUT2D eigenvalue weighted by Gasteiger charge is -2.15. The van der Waals surface area contributed by atoms with E-state index in [4.69, 9.17) is 4.74 Å². The molecule has 1 rings (SSSR count). The molecule has 0 spiro atoms. The van der Waals surface area contributed by atoms with Crippen LogP contribution >= 0.6 is 0 Å². The van der Waals surface area contributed by atoms with Crippen molar-refractivity contribution in [1.29, 1.82) is 0 Å². The Bertz CT molecular complexity index is 315. The third-order valence-corrected chi connectivity index (χ3v) is 2.71. The standard InChI is InChI=1S/C14H21O/c1-6-11(4)13-7-8-14(12(5)9-13)15-10(2)3/h7-11H,2,6H2,1,3-5H3. The van der Waals surface area contributed by atoms with Crippen LogP contribution in [0.4, 0.5) is 0 Å². The Balaban J connectivity index is 2.88. The Labute approximate surface area is 93.5 Å². The maximum absolute atomic E-state index is 5.60. The predicted octanol–water partition coefficient (Wildman–Crippen LogP) is 4.11. The third-order valence-electron chi connectivity index (χ3n) is 2.71. The molecule has 0 saturated heterocycles. The number of hydrogen-bond acceptors (Lipinski definition) is 1. The van der Waals surface area contributed by atoms with Gasteiger partial charge in [-0.05, 0) is 50.3 Å². The summed E-state index contributed by atoms with van der Waals surface area (Å²) in [7, 11) is 0. The summed E-state index contributed by atoms with van der Waals surface area (Å²) in [4.78, 5) is 0. The van der Waals surface area contributed by atoms with Crippen molar-refractivity contribution in [2.75, 3.05) is 0 Å². The van der Waals surface area contributed by atoms with Crippen LogP contribution in [-0.2, 0) is 0 Å². The molecule has 0 amide bonds. The van der Waals surface area contributed by atoms with Crippen LogP contribution in [0, 0.1) is 13.8 Å². The van der Waals surface area contributed by atoms with Crippen molar-refractivity contribution in [3.05, 3.63) is 36.2 Å². The fourth-order valence-electron chi connectivity index (χ4n) is 1.56. The van der Waals surface area contributed by atoms with E-state index in [1.807, 2.05) is 6.92 Å². The summed E-state index contributed by atoms with van der Waals surface area (Å²) in [5, 5.41) is 0. The lowest BCUT2D eigenvalue weighted by Crippen LogP contribution is -2.07. The fraction of sp³-hybridized carbons (Fsp3) is 0.500. The number of aryl methyl sites for hydroxylation is 1. The van der Waals surface area contributed by atoms with Crippen LogP contribution < -0.4 is 4.74 Å². The quantitative estimate of drug-likeness (QED) is 0.718. The van der Waals surface area contributed by atoms with E-state index in [9.17, 15) is 0 Å². The van der Waals surface area contributed by atoms with Gasteiger partial charge in [-0.15, -0.1) is 0 Å². The Morgan fingerprint density at radius 2 is 2.00 bits per heavy atom. The minimum Gasteiger partial charge on any atom is -0.490 e. The summed E-state index contributed by atoms with van der Waals surface area (Å²) in [6, 6.07) is 6.42. The average molecular weight is 205 g/mol. The molecule has 0 fully saturated rings. The molecule has 2 atom stereocenters. The normalized spacial score (nSPS) is 12.9. The molecule has 15 heavy (non-hydrogen) atoms. The molecule has 1 radical (unpaired) electrons. The molecule has 83 valence electrons. The highest BCUT2D eigenvalue weighted by atomic mass is 16.5. The van der Waals surface area contributed by atoms with E-state index >= 15 is 0 Å². The molecule has 0 aliphatic rings. The lowest BCUT2D eigenvalue weighted by molar-refractivity contribution is 0.265. The zero-order valence-electron chi connectivity index (χ0n) is 10.2. The van der Waals surface area contributed by atoms with Gasteiger partial charge in [0.2, 0.25) is 0 Å². The summed E-state index contributed by atoms with van der Waals surface area (Å²) in [5.74, 6) is 1.57. The van der Waals surface area contributed by atoms with Gasteiger partial charge in [-0.2, -0.15) is 0 Å². The minimum atomic E-state index is -0.00171. The van der Waals surface area contributed by atoms with Crippen LogP contribution in [0.25, 0.3) is 0 Å². The summed E-state index contributed by atoms with van der Waals surface area (Å²) in [6.45, 7) is 12.3. The molecule has 0 saturated carbocycles. The van der Waals surface area contributed by atoms with Gasteiger partial charge in [0.1, 0.15) is 5.75 Å². The molecule has 0 N–H and O–H groups in total. The SMILES string of the molecule is [CH2]C(C)Oc1ccc(C(C)CC)cc1C. The smallest absolute Gasteiger partial charge is 0.122 e. The van der Waals surface area contributed by atoms with Gasteiger partial charge in [0.05, 0.1) is 6.10 Å². The minimum absolute atomic E-state index is 0.00171. The summed E-state index contributed by atoms with van der Waals surface area (Å²) in [5.41, 5.74) is 2.59. The number of benzene rings is 1. The van der Waals surface area contributed by atoms with E-state index in [0.29, 0.717) is 5.92 Å². The van der Waals surface area contributed by atoms with E-state index in [1.165, 1.54) is 17.5 Å². The monoisotopic (exact) mass is 205 g/mol. The number of ether oxygens (including phenoxy) is 1. The highest BCUT2D eigenvalue weighted by molar-refractivity contribution is 5.37. The van der Waals surface area contributed by atoms with Crippen molar-refractivity contribution >= 4 is 0 Å². The summed E-state index contributed by atoms with van der Waals surface area (Å²) >= 11 is 0. The van der Waals surface area contributed by atoms with Gasteiger partial charge in [0.25, 0.3) is 0 Å². The molecular weight excluding hydrogens is 184 g/mol. The molecule has 1 heteroatoms. The molecule has 1 aromatic carbocycles. The second kappa shape index (κ2) is 5.20. The van der Waals surface area contributed by atoms with Crippen LogP contribution in [0.1, 0.15) is 44.2 Å². The van der Waals surface area contributed by atoms with Crippen LogP contribution in [0.3, 0.4) is 0 Å². The van der Waals surface area contributed by atoms with Crippen molar-refractivity contribution < 1.29 is 4.74 Å². The van der Waals surface area contributed by atoms with E-state index in [1.54, 1.807) is 0 Å². The third kappa shape index (κ3) is 3.26. The van der Waals surface area contributed by atoms with Crippen molar-refractivity contribution in [3.63, 3.8) is 0 Å². The van der Waals surface area contributed by atoms with Crippen LogP contribution in [0.15, 0.2) is 18.2 Å². The van der Waals surface area contributed by atoms with Gasteiger partial charge < -0.3 is 4.74 Å². The van der Waals surface area contributed by atoms with Gasteiger partial charge in [-0.25, -0.2) is 0 Å². The second-order valence-corrected chi connectivity index (χ2v) is 4.26. The largest absolute Gasteiger partial charge is 0.490 e. The Hall–Kier alpha value is -0.980. The zero-order chi connectivity index (χ0) is 11.4. The van der Waals surface area contributed by atoms with Gasteiger partial charge in [0.15, 0.2) is 0 Å². The van der Waals surface area contributed by atoms with Crippen molar-refractivity contribution in [2.45, 2.75) is 46.1 Å². The molecule has 0 aliphatic heterocycles. The van der Waals surface area contributed by atoms with Gasteiger partial charge in [-0.1, -0.05) is 26.0 Å². The predicted molar refractivity (Wildman–Crippen MR) is 65.3 cm³/mol. The summed E-state index contributed by atoms with van der Waals surface area (Å²) < 4.78 is 5.60. The molecule has 2 unspecified atom stereocenters. The molecule has 0 bridgehead atoms. The topological polar surface area (TPSA) is 9.23 Å². The lowest BCUT2D eigenvalue weighted by atomic mass is 9.97. The molecule has 1 aromatic rings. The molecule has 0 aliphatic carbocycles. The first-order valence-corrected chi connectivity index (χ1v) is 5.64. The zero-order valence-corrected chi connectivity index (χ0v) is 10.2. The van der Waals surface area contributed by atoms with Crippen LogP contribution in [-0.4, -0.2) is 6.10 Å². The maximum Gasteiger partial charge on any atom is 0.122 e. The highest BCUT2D eigenvalue weighted by Gasteiger charge is 2.07. The van der Waals surface area contributed by atoms with Crippen molar-refractivity contribution in [1.82, 2.24) is 0 Å².